The van der Waals surface area contributed by atoms with Gasteiger partial charge in [-0.25, -0.2) is 0 Å². The molecule has 3 heteroatoms. The molecular weight excluding hydrogens is 234 g/mol. The molecule has 0 amide bonds. The van der Waals surface area contributed by atoms with Gasteiger partial charge in [0, 0.05) is 45.0 Å². The molecule has 0 aliphatic carbocycles. The fraction of sp³-hybridized carbons (Fsp3) is 0.625. The van der Waals surface area contributed by atoms with Gasteiger partial charge in [-0.2, -0.15) is 0 Å². The summed E-state index contributed by atoms with van der Waals surface area (Å²) >= 11 is 0. The normalized spacial score (nSPS) is 16.9. The van der Waals surface area contributed by atoms with Crippen molar-refractivity contribution in [1.82, 2.24) is 4.90 Å². The highest BCUT2D eigenvalue weighted by Crippen LogP contribution is 2.27. The molecule has 1 fully saturated rings. The summed E-state index contributed by atoms with van der Waals surface area (Å²) in [6.07, 6.45) is 2.23. The second-order valence-corrected chi connectivity index (χ2v) is 5.25. The molecule has 2 rings (SSSR count). The Hall–Kier alpha value is -1.06. The van der Waals surface area contributed by atoms with Crippen LogP contribution in [0.5, 0.6) is 0 Å². The molecule has 2 N–H and O–H groups in total. The van der Waals surface area contributed by atoms with Gasteiger partial charge >= 0.3 is 0 Å². The third kappa shape index (κ3) is 3.28. The van der Waals surface area contributed by atoms with Crippen molar-refractivity contribution in [2.45, 2.75) is 26.7 Å². The zero-order valence-electron chi connectivity index (χ0n) is 12.4. The molecule has 106 valence electrons. The minimum Gasteiger partial charge on any atom is -0.369 e. The number of rotatable bonds is 5. The van der Waals surface area contributed by atoms with E-state index in [1.54, 1.807) is 0 Å². The van der Waals surface area contributed by atoms with Gasteiger partial charge in [0.25, 0.3) is 0 Å². The summed E-state index contributed by atoms with van der Waals surface area (Å²) in [5.41, 5.74) is 10.1. The summed E-state index contributed by atoms with van der Waals surface area (Å²) in [7, 11) is 0. The molecule has 3 nitrogen and oxygen atoms in total. The van der Waals surface area contributed by atoms with Crippen LogP contribution in [-0.4, -0.2) is 44.2 Å². The second-order valence-electron chi connectivity index (χ2n) is 5.25. The summed E-state index contributed by atoms with van der Waals surface area (Å²) in [5, 5.41) is 0. The summed E-state index contributed by atoms with van der Waals surface area (Å²) in [5.74, 6) is 0. The maximum Gasteiger partial charge on any atom is 0.0431 e. The van der Waals surface area contributed by atoms with E-state index in [-0.39, 0.29) is 0 Å². The van der Waals surface area contributed by atoms with Gasteiger partial charge in [0.15, 0.2) is 0 Å². The molecular formula is C16H27N3. The Bertz CT molecular complexity index is 373. The molecule has 19 heavy (non-hydrogen) atoms. The standard InChI is InChI=1S/C16H27N3/c1-3-14-6-5-7-15(4-2)16(14)19-12-10-18(9-8-17)11-13-19/h5-7H,3-4,8-13,17H2,1-2H3. The van der Waals surface area contributed by atoms with Crippen LogP contribution in [0.4, 0.5) is 5.69 Å². The fourth-order valence-corrected chi connectivity index (χ4v) is 3.00. The Kier molecular flexibility index (Phi) is 5.23. The smallest absolute Gasteiger partial charge is 0.0431 e. The fourth-order valence-electron chi connectivity index (χ4n) is 3.00. The molecule has 0 aromatic heterocycles. The van der Waals surface area contributed by atoms with Gasteiger partial charge in [0.2, 0.25) is 0 Å². The third-order valence-corrected chi connectivity index (χ3v) is 4.10. The molecule has 1 aliphatic heterocycles. The number of para-hydroxylation sites is 1. The number of nitrogens with two attached hydrogens (primary N) is 1. The predicted molar refractivity (Wildman–Crippen MR) is 82.9 cm³/mol. The average Bonchev–Trinajstić information content (AvgIpc) is 2.47. The maximum atomic E-state index is 5.64. The number of benzene rings is 1. The van der Waals surface area contributed by atoms with Gasteiger partial charge < -0.3 is 10.6 Å². The monoisotopic (exact) mass is 261 g/mol. The van der Waals surface area contributed by atoms with E-state index in [0.29, 0.717) is 0 Å². The third-order valence-electron chi connectivity index (χ3n) is 4.10. The van der Waals surface area contributed by atoms with Crippen LogP contribution in [-0.2, 0) is 12.8 Å². The van der Waals surface area contributed by atoms with Gasteiger partial charge in [-0.05, 0) is 24.0 Å². The number of piperazine rings is 1. The lowest BCUT2D eigenvalue weighted by molar-refractivity contribution is 0.264. The first-order chi connectivity index (χ1) is 9.30. The van der Waals surface area contributed by atoms with Crippen LogP contribution in [0.1, 0.15) is 25.0 Å². The number of hydrogen-bond acceptors (Lipinski definition) is 3. The molecule has 0 atom stereocenters. The molecule has 1 heterocycles. The van der Waals surface area contributed by atoms with Gasteiger partial charge in [-0.3, -0.25) is 4.90 Å². The zero-order chi connectivity index (χ0) is 13.7. The quantitative estimate of drug-likeness (QED) is 0.878. The largest absolute Gasteiger partial charge is 0.369 e. The highest BCUT2D eigenvalue weighted by Gasteiger charge is 2.20. The van der Waals surface area contributed by atoms with Crippen LogP contribution in [0.2, 0.25) is 0 Å². The number of nitrogens with zero attached hydrogens (tertiary/aromatic N) is 2. The predicted octanol–water partition coefficient (Wildman–Crippen LogP) is 1.89. The first-order valence-corrected chi connectivity index (χ1v) is 7.58. The first-order valence-electron chi connectivity index (χ1n) is 7.58. The average molecular weight is 261 g/mol. The van der Waals surface area contributed by atoms with E-state index in [2.05, 4.69) is 41.8 Å². The van der Waals surface area contributed by atoms with Crippen molar-refractivity contribution < 1.29 is 0 Å². The Morgan fingerprint density at radius 2 is 1.58 bits per heavy atom. The van der Waals surface area contributed by atoms with Crippen molar-refractivity contribution >= 4 is 5.69 Å². The SMILES string of the molecule is CCc1cccc(CC)c1N1CCN(CCN)CC1. The van der Waals surface area contributed by atoms with Crippen molar-refractivity contribution in [3.63, 3.8) is 0 Å². The summed E-state index contributed by atoms with van der Waals surface area (Å²) in [6, 6.07) is 6.76. The Balaban J connectivity index is 2.14. The van der Waals surface area contributed by atoms with Crippen LogP contribution in [0.25, 0.3) is 0 Å². The number of hydrogen-bond donors (Lipinski definition) is 1. The molecule has 1 aromatic carbocycles. The molecule has 0 bridgehead atoms. The van der Waals surface area contributed by atoms with Crippen LogP contribution in [0, 0.1) is 0 Å². The van der Waals surface area contributed by atoms with E-state index < -0.39 is 0 Å². The minimum absolute atomic E-state index is 0.770. The van der Waals surface area contributed by atoms with Gasteiger partial charge in [-0.1, -0.05) is 32.0 Å². The summed E-state index contributed by atoms with van der Waals surface area (Å²) < 4.78 is 0. The van der Waals surface area contributed by atoms with Crippen LogP contribution in [0.3, 0.4) is 0 Å². The molecule has 0 radical (unpaired) electrons. The van der Waals surface area contributed by atoms with E-state index in [9.17, 15) is 0 Å². The Labute approximate surface area is 117 Å². The topological polar surface area (TPSA) is 32.5 Å². The zero-order valence-corrected chi connectivity index (χ0v) is 12.4. The van der Waals surface area contributed by atoms with Crippen molar-refractivity contribution in [2.24, 2.45) is 5.73 Å². The van der Waals surface area contributed by atoms with E-state index in [0.717, 1.165) is 52.1 Å². The van der Waals surface area contributed by atoms with E-state index in [1.165, 1.54) is 16.8 Å². The highest BCUT2D eigenvalue weighted by molar-refractivity contribution is 5.60. The van der Waals surface area contributed by atoms with Crippen LogP contribution < -0.4 is 10.6 Å². The van der Waals surface area contributed by atoms with Crippen LogP contribution in [0.15, 0.2) is 18.2 Å². The lowest BCUT2D eigenvalue weighted by Gasteiger charge is -2.37. The minimum atomic E-state index is 0.770. The molecule has 0 unspecified atom stereocenters. The van der Waals surface area contributed by atoms with Gasteiger partial charge in [0.05, 0.1) is 0 Å². The van der Waals surface area contributed by atoms with Gasteiger partial charge in [-0.15, -0.1) is 0 Å². The first kappa shape index (κ1) is 14.4. The summed E-state index contributed by atoms with van der Waals surface area (Å²) in [6.45, 7) is 10.8. The lowest BCUT2D eigenvalue weighted by Crippen LogP contribution is -2.48. The molecule has 0 saturated carbocycles. The Morgan fingerprint density at radius 1 is 1.00 bits per heavy atom. The van der Waals surface area contributed by atoms with Crippen LogP contribution >= 0.6 is 0 Å². The van der Waals surface area contributed by atoms with Crippen molar-refractivity contribution in [3.05, 3.63) is 29.3 Å². The van der Waals surface area contributed by atoms with E-state index in [4.69, 9.17) is 5.73 Å². The maximum absolute atomic E-state index is 5.64. The highest BCUT2D eigenvalue weighted by atomic mass is 15.3. The molecule has 1 saturated heterocycles. The molecule has 0 spiro atoms. The number of aryl methyl sites for hydroxylation is 2. The van der Waals surface area contributed by atoms with Gasteiger partial charge in [0.1, 0.15) is 0 Å². The molecule has 1 aromatic rings. The van der Waals surface area contributed by atoms with Crippen molar-refractivity contribution in [3.8, 4) is 0 Å². The molecule has 1 aliphatic rings. The van der Waals surface area contributed by atoms with E-state index >= 15 is 0 Å². The van der Waals surface area contributed by atoms with Crippen molar-refractivity contribution in [1.29, 1.82) is 0 Å². The number of anilines is 1. The van der Waals surface area contributed by atoms with E-state index in [1.807, 2.05) is 0 Å². The summed E-state index contributed by atoms with van der Waals surface area (Å²) in [4.78, 5) is 5.04. The Morgan fingerprint density at radius 3 is 2.05 bits per heavy atom. The second kappa shape index (κ2) is 6.92. The van der Waals surface area contributed by atoms with Crippen molar-refractivity contribution in [2.75, 3.05) is 44.2 Å². The lowest BCUT2D eigenvalue weighted by atomic mass is 10.0.